The first-order valence-corrected chi connectivity index (χ1v) is 7.27. The molecule has 0 aromatic carbocycles. The lowest BCUT2D eigenvalue weighted by atomic mass is 10.2. The van der Waals surface area contributed by atoms with E-state index >= 15 is 0 Å². The first-order chi connectivity index (χ1) is 7.60. The van der Waals surface area contributed by atoms with Crippen LogP contribution in [0.1, 0.15) is 19.3 Å². The van der Waals surface area contributed by atoms with Gasteiger partial charge in [-0.2, -0.15) is 0 Å². The molecule has 0 aromatic rings. The molecule has 1 saturated heterocycles. The Morgan fingerprint density at radius 1 is 1.31 bits per heavy atom. The number of aliphatic imine (C=N–C) groups is 1. The fourth-order valence-electron chi connectivity index (χ4n) is 1.88. The van der Waals surface area contributed by atoms with E-state index in [1.807, 2.05) is 0 Å². The van der Waals surface area contributed by atoms with E-state index in [0.29, 0.717) is 18.1 Å². The summed E-state index contributed by atoms with van der Waals surface area (Å²) in [5.74, 6) is 0. The highest BCUT2D eigenvalue weighted by molar-refractivity contribution is 7.90. The highest BCUT2D eigenvalue weighted by Gasteiger charge is 2.30. The second kappa shape index (κ2) is 4.73. The van der Waals surface area contributed by atoms with Crippen molar-refractivity contribution >= 4 is 33.4 Å². The molecule has 0 amide bonds. The molecule has 0 N–H and O–H groups in total. The first kappa shape index (κ1) is 11.9. The van der Waals surface area contributed by atoms with Gasteiger partial charge in [-0.25, -0.2) is 17.7 Å². The summed E-state index contributed by atoms with van der Waals surface area (Å²) in [4.78, 5) is 4.32. The van der Waals surface area contributed by atoms with Gasteiger partial charge in [-0.15, -0.1) is 0 Å². The average molecular weight is 258 g/mol. The number of hydrogen-bond acceptors (Lipinski definition) is 3. The maximum atomic E-state index is 12.2. The quantitative estimate of drug-likeness (QED) is 0.698. The third-order valence-corrected chi connectivity index (χ3v) is 5.09. The maximum absolute atomic E-state index is 12.2. The monoisotopic (exact) mass is 258 g/mol. The molecule has 2 aliphatic heterocycles. The van der Waals surface area contributed by atoms with Crippen LogP contribution in [-0.4, -0.2) is 42.3 Å². The van der Waals surface area contributed by atoms with E-state index < -0.39 is 15.3 Å². The third kappa shape index (κ3) is 2.39. The topological polar surface area (TPSA) is 49.7 Å². The summed E-state index contributed by atoms with van der Waals surface area (Å²) in [6.07, 6.45) is 7.63. The molecule has 88 valence electrons. The largest absolute Gasteiger partial charge is 0.248 e. The summed E-state index contributed by atoms with van der Waals surface area (Å²) in [6.45, 7) is 1.26. The third-order valence-electron chi connectivity index (χ3n) is 2.80. The van der Waals surface area contributed by atoms with Gasteiger partial charge in [0, 0.05) is 19.3 Å². The van der Waals surface area contributed by atoms with Crippen LogP contribution >= 0.6 is 12.2 Å². The molecule has 2 rings (SSSR count). The van der Waals surface area contributed by atoms with Crippen LogP contribution in [0.5, 0.6) is 0 Å². The molecular formula is C10H14N2O2S2. The molecule has 1 atom stereocenters. The smallest absolute Gasteiger partial charge is 0.225 e. The molecule has 0 saturated carbocycles. The Balaban J connectivity index is 2.15. The Hall–Kier alpha value is -0.590. The zero-order valence-electron chi connectivity index (χ0n) is 8.87. The normalized spacial score (nSPS) is 27.2. The van der Waals surface area contributed by atoms with Gasteiger partial charge in [0.15, 0.2) is 0 Å². The highest BCUT2D eigenvalue weighted by atomic mass is 32.2. The van der Waals surface area contributed by atoms with Crippen LogP contribution in [-0.2, 0) is 10.0 Å². The molecule has 2 heterocycles. The van der Waals surface area contributed by atoms with Crippen molar-refractivity contribution in [2.75, 3.05) is 13.1 Å². The van der Waals surface area contributed by atoms with E-state index in [2.05, 4.69) is 4.99 Å². The van der Waals surface area contributed by atoms with E-state index in [1.165, 1.54) is 6.21 Å². The molecular weight excluding hydrogens is 244 g/mol. The minimum absolute atomic E-state index is 0.435. The Morgan fingerprint density at radius 3 is 2.56 bits per heavy atom. The van der Waals surface area contributed by atoms with Crippen LogP contribution in [0.4, 0.5) is 0 Å². The lowest BCUT2D eigenvalue weighted by Crippen LogP contribution is -2.42. The summed E-state index contributed by atoms with van der Waals surface area (Å²) in [6, 6.07) is 0. The zero-order chi connectivity index (χ0) is 11.6. The zero-order valence-corrected chi connectivity index (χ0v) is 10.5. The van der Waals surface area contributed by atoms with E-state index in [-0.39, 0.29) is 0 Å². The van der Waals surface area contributed by atoms with Crippen LogP contribution in [0.3, 0.4) is 0 Å². The minimum atomic E-state index is -3.27. The van der Waals surface area contributed by atoms with Crippen molar-refractivity contribution in [3.63, 3.8) is 0 Å². The summed E-state index contributed by atoms with van der Waals surface area (Å²) < 4.78 is 25.9. The molecule has 0 aliphatic carbocycles. The van der Waals surface area contributed by atoms with Gasteiger partial charge in [0.25, 0.3) is 0 Å². The summed E-state index contributed by atoms with van der Waals surface area (Å²) >= 11 is 4.84. The van der Waals surface area contributed by atoms with Crippen molar-refractivity contribution in [2.24, 2.45) is 4.99 Å². The molecule has 0 spiro atoms. The highest BCUT2D eigenvalue weighted by Crippen LogP contribution is 2.18. The van der Waals surface area contributed by atoms with Crippen molar-refractivity contribution < 1.29 is 8.42 Å². The van der Waals surface area contributed by atoms with Crippen LogP contribution in [0.15, 0.2) is 17.1 Å². The molecule has 16 heavy (non-hydrogen) atoms. The van der Waals surface area contributed by atoms with E-state index in [0.717, 1.165) is 19.3 Å². The lowest BCUT2D eigenvalue weighted by molar-refractivity contribution is 0.346. The Kier molecular flexibility index (Phi) is 3.51. The molecule has 0 bridgehead atoms. The van der Waals surface area contributed by atoms with Gasteiger partial charge in [-0.05, 0) is 18.9 Å². The number of thiocarbonyl (C=S) groups is 1. The molecule has 1 fully saturated rings. The molecule has 1 unspecified atom stereocenters. The van der Waals surface area contributed by atoms with E-state index in [4.69, 9.17) is 12.2 Å². The fraction of sp³-hybridized carbons (Fsp3) is 0.600. The summed E-state index contributed by atoms with van der Waals surface area (Å²) in [7, 11) is -3.27. The van der Waals surface area contributed by atoms with Crippen LogP contribution in [0.25, 0.3) is 0 Å². The van der Waals surface area contributed by atoms with Gasteiger partial charge in [-0.1, -0.05) is 24.7 Å². The second-order valence-corrected chi connectivity index (χ2v) is 6.45. The second-order valence-electron chi connectivity index (χ2n) is 3.94. The van der Waals surface area contributed by atoms with Crippen molar-refractivity contribution in [2.45, 2.75) is 24.5 Å². The predicted octanol–water partition coefficient (Wildman–Crippen LogP) is 1.14. The van der Waals surface area contributed by atoms with Crippen molar-refractivity contribution in [1.82, 2.24) is 4.31 Å². The number of rotatable bonds is 2. The number of piperidine rings is 1. The lowest BCUT2D eigenvalue weighted by Gasteiger charge is -2.28. The van der Waals surface area contributed by atoms with Gasteiger partial charge in [0.1, 0.15) is 10.2 Å². The Labute approximate surface area is 101 Å². The molecule has 0 radical (unpaired) electrons. The van der Waals surface area contributed by atoms with Crippen molar-refractivity contribution in [1.29, 1.82) is 0 Å². The minimum Gasteiger partial charge on any atom is -0.248 e. The Bertz CT molecular complexity index is 418. The summed E-state index contributed by atoms with van der Waals surface area (Å²) in [5, 5.41) is -0.641. The number of sulfonamides is 1. The van der Waals surface area contributed by atoms with Crippen LogP contribution in [0, 0.1) is 0 Å². The SMILES string of the molecule is O=S(=O)(C1C=CC(=S)N=C1)N1CCCCC1. The Morgan fingerprint density at radius 2 is 2.00 bits per heavy atom. The van der Waals surface area contributed by atoms with Gasteiger partial charge < -0.3 is 0 Å². The van der Waals surface area contributed by atoms with E-state index in [9.17, 15) is 8.42 Å². The number of dihydropyridines is 1. The molecule has 2 aliphatic rings. The number of nitrogens with zero attached hydrogens (tertiary/aromatic N) is 2. The van der Waals surface area contributed by atoms with Crippen molar-refractivity contribution in [3.8, 4) is 0 Å². The average Bonchev–Trinajstić information content (AvgIpc) is 2.31. The molecule has 6 heteroatoms. The van der Waals surface area contributed by atoms with Crippen LogP contribution in [0.2, 0.25) is 0 Å². The van der Waals surface area contributed by atoms with Gasteiger partial charge >= 0.3 is 0 Å². The van der Waals surface area contributed by atoms with Crippen molar-refractivity contribution in [3.05, 3.63) is 12.2 Å². The fourth-order valence-corrected chi connectivity index (χ4v) is 3.63. The van der Waals surface area contributed by atoms with E-state index in [1.54, 1.807) is 16.5 Å². The first-order valence-electron chi connectivity index (χ1n) is 5.36. The summed E-state index contributed by atoms with van der Waals surface area (Å²) in [5.41, 5.74) is 0. The predicted molar refractivity (Wildman–Crippen MR) is 68.4 cm³/mol. The molecule has 4 nitrogen and oxygen atoms in total. The maximum Gasteiger partial charge on any atom is 0.225 e. The standard InChI is InChI=1S/C10H14N2O2S2/c13-16(14,12-6-2-1-3-7-12)9-4-5-10(15)11-8-9/h4-5,8-9H,1-3,6-7H2. The van der Waals surface area contributed by atoms with Gasteiger partial charge in [-0.3, -0.25) is 0 Å². The number of hydrogen-bond donors (Lipinski definition) is 0. The molecule has 0 aromatic heterocycles. The van der Waals surface area contributed by atoms with Gasteiger partial charge in [0.2, 0.25) is 10.0 Å². The van der Waals surface area contributed by atoms with Gasteiger partial charge in [0.05, 0.1) is 0 Å². The van der Waals surface area contributed by atoms with Crippen LogP contribution < -0.4 is 0 Å².